The van der Waals surface area contributed by atoms with Crippen LogP contribution in [0.25, 0.3) is 11.1 Å². The summed E-state index contributed by atoms with van der Waals surface area (Å²) in [5.41, 5.74) is 1.76. The quantitative estimate of drug-likeness (QED) is 0.908. The van der Waals surface area contributed by atoms with Crippen molar-refractivity contribution < 1.29 is 14.3 Å². The lowest BCUT2D eigenvalue weighted by atomic mass is 10.0. The van der Waals surface area contributed by atoms with Gasteiger partial charge in [0, 0.05) is 24.1 Å². The second-order valence-electron chi connectivity index (χ2n) is 5.48. The fourth-order valence-corrected chi connectivity index (χ4v) is 3.01. The van der Waals surface area contributed by atoms with Crippen molar-refractivity contribution >= 4 is 5.91 Å². The maximum Gasteiger partial charge on any atom is 0.287 e. The summed E-state index contributed by atoms with van der Waals surface area (Å²) in [4.78, 5) is 12.4. The van der Waals surface area contributed by atoms with E-state index < -0.39 is 0 Å². The molecule has 0 spiro atoms. The van der Waals surface area contributed by atoms with Gasteiger partial charge in [-0.2, -0.15) is 0 Å². The summed E-state index contributed by atoms with van der Waals surface area (Å²) in [5.74, 6) is 0.290. The van der Waals surface area contributed by atoms with Gasteiger partial charge < -0.3 is 14.8 Å². The Morgan fingerprint density at radius 3 is 2.81 bits per heavy atom. The lowest BCUT2D eigenvalue weighted by molar-refractivity contribution is 0.0889. The molecule has 2 N–H and O–H groups in total. The van der Waals surface area contributed by atoms with Crippen LogP contribution < -0.4 is 5.32 Å². The summed E-state index contributed by atoms with van der Waals surface area (Å²) in [6, 6.07) is 11.6. The molecule has 4 nitrogen and oxygen atoms in total. The number of hydrogen-bond donors (Lipinski definition) is 2. The van der Waals surface area contributed by atoms with Crippen LogP contribution in [0.5, 0.6) is 0 Å². The number of carbonyl (C=O) groups excluding carboxylic acids is 1. The third-order valence-corrected chi connectivity index (χ3v) is 4.17. The number of nitrogens with one attached hydrogen (secondary N) is 1. The third kappa shape index (κ3) is 2.85. The van der Waals surface area contributed by atoms with Crippen molar-refractivity contribution in [3.8, 4) is 11.1 Å². The highest BCUT2D eigenvalue weighted by atomic mass is 16.3. The molecular weight excluding hydrogens is 266 g/mol. The Morgan fingerprint density at radius 2 is 2.05 bits per heavy atom. The Kier molecular flexibility index (Phi) is 4.06. The first-order chi connectivity index (χ1) is 10.3. The monoisotopic (exact) mass is 285 g/mol. The molecular formula is C17H19NO3. The van der Waals surface area contributed by atoms with E-state index in [4.69, 9.17) is 4.42 Å². The highest BCUT2D eigenvalue weighted by Gasteiger charge is 2.29. The fraction of sp³-hybridized carbons (Fsp3) is 0.353. The van der Waals surface area contributed by atoms with Gasteiger partial charge in [-0.3, -0.25) is 4.79 Å². The molecule has 0 saturated heterocycles. The van der Waals surface area contributed by atoms with Gasteiger partial charge in [0.2, 0.25) is 0 Å². The first kappa shape index (κ1) is 13.9. The highest BCUT2D eigenvalue weighted by molar-refractivity contribution is 5.98. The predicted molar refractivity (Wildman–Crippen MR) is 79.8 cm³/mol. The second kappa shape index (κ2) is 6.14. The van der Waals surface area contributed by atoms with E-state index in [-0.39, 0.29) is 24.5 Å². The molecule has 1 heterocycles. The molecule has 1 aliphatic rings. The van der Waals surface area contributed by atoms with Crippen molar-refractivity contribution in [3.63, 3.8) is 0 Å². The molecule has 0 aliphatic heterocycles. The third-order valence-electron chi connectivity index (χ3n) is 4.17. The van der Waals surface area contributed by atoms with Crippen LogP contribution in [-0.2, 0) is 0 Å². The summed E-state index contributed by atoms with van der Waals surface area (Å²) in [6.45, 7) is 0.120. The minimum atomic E-state index is -0.204. The van der Waals surface area contributed by atoms with Gasteiger partial charge >= 0.3 is 0 Å². The van der Waals surface area contributed by atoms with Crippen LogP contribution in [0, 0.1) is 5.92 Å². The Morgan fingerprint density at radius 1 is 1.24 bits per heavy atom. The van der Waals surface area contributed by atoms with E-state index in [0.717, 1.165) is 30.4 Å². The lowest BCUT2D eigenvalue weighted by Crippen LogP contribution is -2.38. The van der Waals surface area contributed by atoms with Crippen LogP contribution in [0.2, 0.25) is 0 Å². The van der Waals surface area contributed by atoms with Crippen molar-refractivity contribution in [1.82, 2.24) is 5.32 Å². The average Bonchev–Trinajstić information content (AvgIpc) is 3.16. The highest BCUT2D eigenvalue weighted by Crippen LogP contribution is 2.28. The first-order valence-electron chi connectivity index (χ1n) is 7.34. The number of hydrogen-bond acceptors (Lipinski definition) is 3. The predicted octanol–water partition coefficient (Wildman–Crippen LogP) is 2.84. The summed E-state index contributed by atoms with van der Waals surface area (Å²) < 4.78 is 5.39. The Labute approximate surface area is 123 Å². The van der Waals surface area contributed by atoms with E-state index in [9.17, 15) is 9.90 Å². The molecule has 110 valence electrons. The van der Waals surface area contributed by atoms with Gasteiger partial charge in [0.15, 0.2) is 5.76 Å². The Hall–Kier alpha value is -2.07. The van der Waals surface area contributed by atoms with Crippen LogP contribution in [0.15, 0.2) is 47.1 Å². The van der Waals surface area contributed by atoms with E-state index in [1.165, 1.54) is 6.26 Å². The molecule has 0 bridgehead atoms. The average molecular weight is 285 g/mol. The number of aliphatic hydroxyl groups excluding tert-OH is 1. The number of benzene rings is 1. The SMILES string of the molecule is O=C(NC1CCCC1CO)c1occc1-c1ccccc1. The van der Waals surface area contributed by atoms with Gasteiger partial charge in [-0.15, -0.1) is 0 Å². The van der Waals surface area contributed by atoms with E-state index in [1.807, 2.05) is 36.4 Å². The van der Waals surface area contributed by atoms with Gasteiger partial charge in [0.25, 0.3) is 5.91 Å². The molecule has 2 unspecified atom stereocenters. The molecule has 1 fully saturated rings. The van der Waals surface area contributed by atoms with Gasteiger partial charge in [-0.05, 0) is 24.5 Å². The topological polar surface area (TPSA) is 62.5 Å². The van der Waals surface area contributed by atoms with Gasteiger partial charge in [0.05, 0.1) is 6.26 Å². The molecule has 1 aromatic heterocycles. The largest absolute Gasteiger partial charge is 0.459 e. The molecule has 2 aromatic rings. The summed E-state index contributed by atoms with van der Waals surface area (Å²) >= 11 is 0. The number of aliphatic hydroxyl groups is 1. The zero-order valence-electron chi connectivity index (χ0n) is 11.8. The molecule has 1 saturated carbocycles. The Balaban J connectivity index is 1.78. The van der Waals surface area contributed by atoms with Crippen molar-refractivity contribution in [2.24, 2.45) is 5.92 Å². The first-order valence-corrected chi connectivity index (χ1v) is 7.34. The zero-order valence-corrected chi connectivity index (χ0v) is 11.8. The van der Waals surface area contributed by atoms with Gasteiger partial charge in [-0.1, -0.05) is 36.8 Å². The number of furan rings is 1. The van der Waals surface area contributed by atoms with Crippen molar-refractivity contribution in [2.45, 2.75) is 25.3 Å². The van der Waals surface area contributed by atoms with Crippen LogP contribution in [-0.4, -0.2) is 23.7 Å². The minimum Gasteiger partial charge on any atom is -0.459 e. The molecule has 21 heavy (non-hydrogen) atoms. The van der Waals surface area contributed by atoms with Crippen LogP contribution in [0.1, 0.15) is 29.8 Å². The maximum absolute atomic E-state index is 12.4. The molecule has 4 heteroatoms. The van der Waals surface area contributed by atoms with E-state index in [0.29, 0.717) is 5.76 Å². The van der Waals surface area contributed by atoms with E-state index in [1.54, 1.807) is 0 Å². The number of amides is 1. The van der Waals surface area contributed by atoms with Gasteiger partial charge in [0.1, 0.15) is 0 Å². The number of carbonyl (C=O) groups is 1. The van der Waals surface area contributed by atoms with Crippen LogP contribution >= 0.6 is 0 Å². The van der Waals surface area contributed by atoms with E-state index >= 15 is 0 Å². The number of rotatable bonds is 4. The molecule has 0 radical (unpaired) electrons. The molecule has 1 aromatic carbocycles. The lowest BCUT2D eigenvalue weighted by Gasteiger charge is -2.18. The fourth-order valence-electron chi connectivity index (χ4n) is 3.01. The van der Waals surface area contributed by atoms with Crippen LogP contribution in [0.3, 0.4) is 0 Å². The van der Waals surface area contributed by atoms with Crippen LogP contribution in [0.4, 0.5) is 0 Å². The minimum absolute atomic E-state index is 0.0382. The Bertz CT molecular complexity index is 606. The zero-order chi connectivity index (χ0) is 14.7. The second-order valence-corrected chi connectivity index (χ2v) is 5.48. The standard InChI is InChI=1S/C17H19NO3/c19-11-13-7-4-8-15(13)18-17(20)16-14(9-10-21-16)12-5-2-1-3-6-12/h1-3,5-6,9-10,13,15,19H,4,7-8,11H2,(H,18,20). The van der Waals surface area contributed by atoms with Crippen molar-refractivity contribution in [1.29, 1.82) is 0 Å². The smallest absolute Gasteiger partial charge is 0.287 e. The molecule has 2 atom stereocenters. The normalized spacial score (nSPS) is 21.4. The molecule has 1 aliphatic carbocycles. The summed E-state index contributed by atoms with van der Waals surface area (Å²) in [6.07, 6.45) is 4.46. The summed E-state index contributed by atoms with van der Waals surface area (Å²) in [7, 11) is 0. The van der Waals surface area contributed by atoms with Crippen molar-refractivity contribution in [3.05, 3.63) is 48.4 Å². The van der Waals surface area contributed by atoms with E-state index in [2.05, 4.69) is 5.32 Å². The summed E-state index contributed by atoms with van der Waals surface area (Å²) in [5, 5.41) is 12.3. The van der Waals surface area contributed by atoms with Crippen molar-refractivity contribution in [2.75, 3.05) is 6.61 Å². The van der Waals surface area contributed by atoms with Gasteiger partial charge in [-0.25, -0.2) is 0 Å². The molecule has 1 amide bonds. The maximum atomic E-state index is 12.4. The molecule has 3 rings (SSSR count).